The van der Waals surface area contributed by atoms with Crippen molar-refractivity contribution in [3.63, 3.8) is 0 Å². The SMILES string of the molecule is CC1CCCCN1COc1ccc(C(=O)O)cc1. The van der Waals surface area contributed by atoms with Gasteiger partial charge in [0.1, 0.15) is 12.5 Å². The molecule has 0 aromatic heterocycles. The fourth-order valence-corrected chi connectivity index (χ4v) is 2.20. The quantitative estimate of drug-likeness (QED) is 0.891. The average Bonchev–Trinajstić information content (AvgIpc) is 2.38. The van der Waals surface area contributed by atoms with Crippen molar-refractivity contribution in [3.8, 4) is 5.75 Å². The smallest absolute Gasteiger partial charge is 0.335 e. The summed E-state index contributed by atoms with van der Waals surface area (Å²) >= 11 is 0. The van der Waals surface area contributed by atoms with Crippen LogP contribution in [0.4, 0.5) is 0 Å². The van der Waals surface area contributed by atoms with Crippen molar-refractivity contribution in [1.82, 2.24) is 4.90 Å². The van der Waals surface area contributed by atoms with Gasteiger partial charge in [-0.3, -0.25) is 4.90 Å². The molecular weight excluding hydrogens is 230 g/mol. The van der Waals surface area contributed by atoms with Gasteiger partial charge in [-0.15, -0.1) is 0 Å². The Labute approximate surface area is 107 Å². The highest BCUT2D eigenvalue weighted by molar-refractivity contribution is 5.87. The van der Waals surface area contributed by atoms with Crippen molar-refractivity contribution >= 4 is 5.97 Å². The minimum atomic E-state index is -0.911. The zero-order chi connectivity index (χ0) is 13.0. The van der Waals surface area contributed by atoms with Gasteiger partial charge in [-0.25, -0.2) is 4.79 Å². The van der Waals surface area contributed by atoms with Gasteiger partial charge in [0.05, 0.1) is 5.56 Å². The number of hydrogen-bond acceptors (Lipinski definition) is 3. The van der Waals surface area contributed by atoms with Crippen LogP contribution in [0.5, 0.6) is 5.75 Å². The molecule has 0 aliphatic carbocycles. The van der Waals surface area contributed by atoms with E-state index in [-0.39, 0.29) is 5.56 Å². The van der Waals surface area contributed by atoms with Gasteiger partial charge in [0.25, 0.3) is 0 Å². The fraction of sp³-hybridized carbons (Fsp3) is 0.500. The highest BCUT2D eigenvalue weighted by Crippen LogP contribution is 2.18. The molecule has 1 atom stereocenters. The Hall–Kier alpha value is -1.55. The van der Waals surface area contributed by atoms with Crippen LogP contribution in [0.25, 0.3) is 0 Å². The highest BCUT2D eigenvalue weighted by Gasteiger charge is 2.18. The second kappa shape index (κ2) is 5.87. The summed E-state index contributed by atoms with van der Waals surface area (Å²) in [5.74, 6) is -0.191. The molecule has 1 aliphatic heterocycles. The van der Waals surface area contributed by atoms with Gasteiger partial charge in [0, 0.05) is 12.6 Å². The van der Waals surface area contributed by atoms with E-state index in [4.69, 9.17) is 9.84 Å². The van der Waals surface area contributed by atoms with E-state index in [2.05, 4.69) is 11.8 Å². The maximum Gasteiger partial charge on any atom is 0.335 e. The van der Waals surface area contributed by atoms with E-state index >= 15 is 0 Å². The topological polar surface area (TPSA) is 49.8 Å². The Morgan fingerprint density at radius 2 is 2.11 bits per heavy atom. The summed E-state index contributed by atoms with van der Waals surface area (Å²) in [6.45, 7) is 3.87. The molecule has 18 heavy (non-hydrogen) atoms. The number of ether oxygens (including phenoxy) is 1. The third kappa shape index (κ3) is 3.23. The molecule has 1 aromatic carbocycles. The summed E-state index contributed by atoms with van der Waals surface area (Å²) in [6.07, 6.45) is 3.75. The summed E-state index contributed by atoms with van der Waals surface area (Å²) in [7, 11) is 0. The molecule has 2 rings (SSSR count). The molecule has 0 bridgehead atoms. The zero-order valence-electron chi connectivity index (χ0n) is 10.6. The number of carboxylic acids is 1. The molecule has 1 aliphatic rings. The number of rotatable bonds is 4. The van der Waals surface area contributed by atoms with Crippen LogP contribution in [0.3, 0.4) is 0 Å². The molecule has 1 fully saturated rings. The monoisotopic (exact) mass is 249 g/mol. The first-order valence-corrected chi connectivity index (χ1v) is 6.37. The molecule has 0 spiro atoms. The number of likely N-dealkylation sites (tertiary alicyclic amines) is 1. The van der Waals surface area contributed by atoms with Gasteiger partial charge in [-0.1, -0.05) is 6.42 Å². The molecule has 1 heterocycles. The van der Waals surface area contributed by atoms with Crippen molar-refractivity contribution < 1.29 is 14.6 Å². The maximum atomic E-state index is 10.7. The molecule has 4 nitrogen and oxygen atoms in total. The number of hydrogen-bond donors (Lipinski definition) is 1. The molecular formula is C14H19NO3. The minimum absolute atomic E-state index is 0.286. The summed E-state index contributed by atoms with van der Waals surface area (Å²) < 4.78 is 5.68. The van der Waals surface area contributed by atoms with E-state index in [0.717, 1.165) is 12.3 Å². The van der Waals surface area contributed by atoms with Gasteiger partial charge in [0.2, 0.25) is 0 Å². The number of aromatic carboxylic acids is 1. The standard InChI is InChI=1S/C14H19NO3/c1-11-4-2-3-9-15(11)10-18-13-7-5-12(6-8-13)14(16)17/h5-8,11H,2-4,9-10H2,1H3,(H,16,17). The van der Waals surface area contributed by atoms with Gasteiger partial charge in [0.15, 0.2) is 0 Å². The first-order chi connectivity index (χ1) is 8.66. The number of carboxylic acid groups (broad SMARTS) is 1. The van der Waals surface area contributed by atoms with Crippen LogP contribution in [0.15, 0.2) is 24.3 Å². The normalized spacial score (nSPS) is 20.6. The van der Waals surface area contributed by atoms with Crippen molar-refractivity contribution in [3.05, 3.63) is 29.8 Å². The number of nitrogens with zero attached hydrogens (tertiary/aromatic N) is 1. The first kappa shape index (κ1) is 12.9. The van der Waals surface area contributed by atoms with E-state index in [0.29, 0.717) is 12.8 Å². The predicted octanol–water partition coefficient (Wildman–Crippen LogP) is 2.60. The van der Waals surface area contributed by atoms with Crippen LogP contribution in [-0.4, -0.2) is 35.3 Å². The average molecular weight is 249 g/mol. The van der Waals surface area contributed by atoms with E-state index < -0.39 is 5.97 Å². The largest absolute Gasteiger partial charge is 0.478 e. The van der Waals surface area contributed by atoms with Crippen molar-refractivity contribution in [2.24, 2.45) is 0 Å². The lowest BCUT2D eigenvalue weighted by Gasteiger charge is -2.32. The van der Waals surface area contributed by atoms with Gasteiger partial charge in [-0.2, -0.15) is 0 Å². The van der Waals surface area contributed by atoms with E-state index in [1.807, 2.05) is 0 Å². The van der Waals surface area contributed by atoms with Crippen LogP contribution in [0, 0.1) is 0 Å². The summed E-state index contributed by atoms with van der Waals surface area (Å²) in [5.41, 5.74) is 0.286. The van der Waals surface area contributed by atoms with Crippen LogP contribution in [-0.2, 0) is 0 Å². The van der Waals surface area contributed by atoms with E-state index in [1.165, 1.54) is 19.3 Å². The van der Waals surface area contributed by atoms with Crippen LogP contribution < -0.4 is 4.74 Å². The third-order valence-electron chi connectivity index (χ3n) is 3.44. The molecule has 0 amide bonds. The van der Waals surface area contributed by atoms with Crippen molar-refractivity contribution in [2.75, 3.05) is 13.3 Å². The third-order valence-corrected chi connectivity index (χ3v) is 3.44. The van der Waals surface area contributed by atoms with Gasteiger partial charge >= 0.3 is 5.97 Å². The Bertz CT molecular complexity index is 402. The summed E-state index contributed by atoms with van der Waals surface area (Å²) in [6, 6.07) is 7.11. The summed E-state index contributed by atoms with van der Waals surface area (Å²) in [4.78, 5) is 13.0. The van der Waals surface area contributed by atoms with Crippen molar-refractivity contribution in [1.29, 1.82) is 0 Å². The Morgan fingerprint density at radius 1 is 1.39 bits per heavy atom. The van der Waals surface area contributed by atoms with Gasteiger partial charge in [-0.05, 0) is 44.0 Å². The lowest BCUT2D eigenvalue weighted by molar-refractivity contribution is 0.0660. The molecule has 1 unspecified atom stereocenters. The molecule has 1 N–H and O–H groups in total. The number of piperidine rings is 1. The Morgan fingerprint density at radius 3 is 2.72 bits per heavy atom. The molecule has 1 aromatic rings. The minimum Gasteiger partial charge on any atom is -0.478 e. The Kier molecular flexibility index (Phi) is 4.20. The molecule has 1 saturated heterocycles. The van der Waals surface area contributed by atoms with Crippen LogP contribution >= 0.6 is 0 Å². The lowest BCUT2D eigenvalue weighted by Crippen LogP contribution is -2.39. The second-order valence-corrected chi connectivity index (χ2v) is 4.76. The van der Waals surface area contributed by atoms with Crippen LogP contribution in [0.1, 0.15) is 36.5 Å². The fourth-order valence-electron chi connectivity index (χ4n) is 2.20. The second-order valence-electron chi connectivity index (χ2n) is 4.76. The van der Waals surface area contributed by atoms with E-state index in [9.17, 15) is 4.79 Å². The first-order valence-electron chi connectivity index (χ1n) is 6.37. The highest BCUT2D eigenvalue weighted by atomic mass is 16.5. The lowest BCUT2D eigenvalue weighted by atomic mass is 10.1. The number of benzene rings is 1. The van der Waals surface area contributed by atoms with Crippen molar-refractivity contribution in [2.45, 2.75) is 32.2 Å². The van der Waals surface area contributed by atoms with E-state index in [1.54, 1.807) is 24.3 Å². The maximum absolute atomic E-state index is 10.7. The molecule has 0 saturated carbocycles. The zero-order valence-corrected chi connectivity index (χ0v) is 10.6. The molecule has 4 heteroatoms. The molecule has 98 valence electrons. The number of carbonyl (C=O) groups is 1. The van der Waals surface area contributed by atoms with Gasteiger partial charge < -0.3 is 9.84 Å². The predicted molar refractivity (Wildman–Crippen MR) is 68.9 cm³/mol. The Balaban J connectivity index is 1.87. The molecule has 0 radical (unpaired) electrons. The summed E-state index contributed by atoms with van der Waals surface area (Å²) in [5, 5.41) is 8.80. The van der Waals surface area contributed by atoms with Crippen LogP contribution in [0.2, 0.25) is 0 Å².